The Morgan fingerprint density at radius 1 is 1.32 bits per heavy atom. The van der Waals surface area contributed by atoms with Crippen LogP contribution in [0.5, 0.6) is 5.75 Å². The monoisotopic (exact) mass is 420 g/mol. The minimum Gasteiger partial charge on any atom is -0.497 e. The maximum absolute atomic E-state index is 12.7. The summed E-state index contributed by atoms with van der Waals surface area (Å²) in [4.78, 5) is 39.8. The average Bonchev–Trinajstić information content (AvgIpc) is 2.95. The van der Waals surface area contributed by atoms with Gasteiger partial charge in [0, 0.05) is 6.54 Å². The molecule has 0 aromatic heterocycles. The van der Waals surface area contributed by atoms with E-state index in [2.05, 4.69) is 0 Å². The predicted octanol–water partition coefficient (Wildman–Crippen LogP) is 2.36. The van der Waals surface area contributed by atoms with Gasteiger partial charge in [0.25, 0.3) is 5.91 Å². The van der Waals surface area contributed by atoms with E-state index >= 15 is 0 Å². The number of carboxylic acids is 1. The van der Waals surface area contributed by atoms with Gasteiger partial charge in [-0.3, -0.25) is 14.5 Å². The number of carbonyl (C=O) groups excluding carboxylic acids is 2. The molecular formula is C19H20N2O5S2. The van der Waals surface area contributed by atoms with Gasteiger partial charge in [-0.25, -0.2) is 4.79 Å². The van der Waals surface area contributed by atoms with Gasteiger partial charge in [0.1, 0.15) is 22.7 Å². The van der Waals surface area contributed by atoms with E-state index in [0.717, 1.165) is 30.2 Å². The molecule has 1 unspecified atom stereocenters. The molecule has 9 heteroatoms. The number of amides is 2. The zero-order valence-corrected chi connectivity index (χ0v) is 16.9. The van der Waals surface area contributed by atoms with Crippen molar-refractivity contribution in [3.8, 4) is 5.75 Å². The second-order valence-corrected chi connectivity index (χ2v) is 8.15. The number of benzene rings is 1. The van der Waals surface area contributed by atoms with E-state index in [1.165, 1.54) is 9.80 Å². The van der Waals surface area contributed by atoms with Crippen LogP contribution in [-0.2, 0) is 14.4 Å². The number of likely N-dealkylation sites (tertiary alicyclic amines) is 1. The fourth-order valence-electron chi connectivity index (χ4n) is 3.20. The molecule has 1 aromatic rings. The molecule has 0 saturated carbocycles. The van der Waals surface area contributed by atoms with Crippen molar-refractivity contribution in [3.63, 3.8) is 0 Å². The minimum absolute atomic E-state index is 0.242. The largest absolute Gasteiger partial charge is 0.497 e. The highest BCUT2D eigenvalue weighted by atomic mass is 32.2. The van der Waals surface area contributed by atoms with E-state index in [4.69, 9.17) is 17.0 Å². The Kier molecular flexibility index (Phi) is 6.35. The first kappa shape index (κ1) is 20.3. The standard InChI is InChI=1S/C19H20N2O5S2/c1-26-13-7-5-12(6-8-13)10-15-17(23)21(19(27)28-15)11-16(22)20-9-3-2-4-14(20)18(24)25/h5-8,10,14H,2-4,9,11H2,1H3,(H,24,25)/b15-10-. The highest BCUT2D eigenvalue weighted by Crippen LogP contribution is 2.33. The third-order valence-electron chi connectivity index (χ3n) is 4.69. The number of methoxy groups -OCH3 is 1. The molecule has 2 aliphatic rings. The quantitative estimate of drug-likeness (QED) is 0.578. The van der Waals surface area contributed by atoms with Gasteiger partial charge in [-0.05, 0) is 43.0 Å². The van der Waals surface area contributed by atoms with Crippen LogP contribution in [-0.4, -0.2) is 63.3 Å². The van der Waals surface area contributed by atoms with E-state index in [-0.39, 0.29) is 12.5 Å². The lowest BCUT2D eigenvalue weighted by molar-refractivity contribution is -0.152. The number of thiocarbonyl (C=S) groups is 1. The lowest BCUT2D eigenvalue weighted by Crippen LogP contribution is -2.51. The molecule has 2 aliphatic heterocycles. The Balaban J connectivity index is 1.71. The van der Waals surface area contributed by atoms with Gasteiger partial charge in [-0.1, -0.05) is 36.1 Å². The van der Waals surface area contributed by atoms with Crippen molar-refractivity contribution in [1.82, 2.24) is 9.80 Å². The number of rotatable bonds is 5. The van der Waals surface area contributed by atoms with Crippen molar-refractivity contribution in [1.29, 1.82) is 0 Å². The molecule has 0 spiro atoms. The van der Waals surface area contributed by atoms with Crippen LogP contribution in [0.1, 0.15) is 24.8 Å². The van der Waals surface area contributed by atoms with Gasteiger partial charge in [-0.2, -0.15) is 0 Å². The number of hydrogen-bond donors (Lipinski definition) is 1. The number of thioether (sulfide) groups is 1. The molecule has 0 bridgehead atoms. The van der Waals surface area contributed by atoms with Crippen molar-refractivity contribution in [2.24, 2.45) is 0 Å². The zero-order valence-electron chi connectivity index (χ0n) is 15.3. The van der Waals surface area contributed by atoms with Gasteiger partial charge >= 0.3 is 5.97 Å². The number of nitrogens with zero attached hydrogens (tertiary/aromatic N) is 2. The molecule has 1 atom stereocenters. The van der Waals surface area contributed by atoms with E-state index in [9.17, 15) is 19.5 Å². The number of carbonyl (C=O) groups is 3. The van der Waals surface area contributed by atoms with Crippen molar-refractivity contribution < 1.29 is 24.2 Å². The maximum atomic E-state index is 12.7. The highest BCUT2D eigenvalue weighted by molar-refractivity contribution is 8.26. The summed E-state index contributed by atoms with van der Waals surface area (Å²) in [6.45, 7) is 0.140. The first-order chi connectivity index (χ1) is 13.4. The Morgan fingerprint density at radius 3 is 2.68 bits per heavy atom. The summed E-state index contributed by atoms with van der Waals surface area (Å²) in [7, 11) is 1.58. The Bertz CT molecular complexity index is 837. The van der Waals surface area contributed by atoms with Gasteiger partial charge < -0.3 is 14.7 Å². The molecule has 3 rings (SSSR count). The van der Waals surface area contributed by atoms with Crippen molar-refractivity contribution in [3.05, 3.63) is 34.7 Å². The van der Waals surface area contributed by atoms with Crippen LogP contribution in [0.2, 0.25) is 0 Å². The van der Waals surface area contributed by atoms with Crippen LogP contribution in [0.3, 0.4) is 0 Å². The normalized spacial score (nSPS) is 21.3. The summed E-state index contributed by atoms with van der Waals surface area (Å²) in [5, 5.41) is 9.34. The predicted molar refractivity (Wildman–Crippen MR) is 110 cm³/mol. The Morgan fingerprint density at radius 2 is 2.04 bits per heavy atom. The van der Waals surface area contributed by atoms with Crippen molar-refractivity contribution in [2.45, 2.75) is 25.3 Å². The second-order valence-electron chi connectivity index (χ2n) is 6.48. The fraction of sp³-hybridized carbons (Fsp3) is 0.368. The number of aliphatic carboxylic acids is 1. The lowest BCUT2D eigenvalue weighted by Gasteiger charge is -2.33. The Hall–Kier alpha value is -2.39. The van der Waals surface area contributed by atoms with Gasteiger partial charge in [0.05, 0.1) is 12.0 Å². The first-order valence-corrected chi connectivity index (χ1v) is 10.0. The Labute approximate surface area is 172 Å². The summed E-state index contributed by atoms with van der Waals surface area (Å²) in [6, 6.07) is 6.38. The third kappa shape index (κ3) is 4.36. The second kappa shape index (κ2) is 8.74. The van der Waals surface area contributed by atoms with Gasteiger partial charge in [0.2, 0.25) is 5.91 Å². The van der Waals surface area contributed by atoms with Crippen LogP contribution >= 0.6 is 24.0 Å². The van der Waals surface area contributed by atoms with Crippen LogP contribution in [0.15, 0.2) is 29.2 Å². The molecule has 148 valence electrons. The van der Waals surface area contributed by atoms with Gasteiger partial charge in [-0.15, -0.1) is 0 Å². The molecule has 28 heavy (non-hydrogen) atoms. The van der Waals surface area contributed by atoms with E-state index in [0.29, 0.717) is 27.9 Å². The molecule has 0 radical (unpaired) electrons. The molecule has 1 aromatic carbocycles. The SMILES string of the molecule is COc1ccc(/C=C2\SC(=S)N(CC(=O)N3CCCCC3C(=O)O)C2=O)cc1. The van der Waals surface area contributed by atoms with E-state index in [1.807, 2.05) is 12.1 Å². The average molecular weight is 421 g/mol. The minimum atomic E-state index is -1.02. The fourth-order valence-corrected chi connectivity index (χ4v) is 4.46. The van der Waals surface area contributed by atoms with Crippen LogP contribution in [0.25, 0.3) is 6.08 Å². The van der Waals surface area contributed by atoms with Crippen LogP contribution < -0.4 is 4.74 Å². The van der Waals surface area contributed by atoms with E-state index < -0.39 is 17.9 Å². The lowest BCUT2D eigenvalue weighted by atomic mass is 10.0. The van der Waals surface area contributed by atoms with E-state index in [1.54, 1.807) is 25.3 Å². The topological polar surface area (TPSA) is 87.2 Å². The summed E-state index contributed by atoms with van der Waals surface area (Å²) >= 11 is 6.40. The van der Waals surface area contributed by atoms with Gasteiger partial charge in [0.15, 0.2) is 0 Å². The third-order valence-corrected chi connectivity index (χ3v) is 6.07. The highest BCUT2D eigenvalue weighted by Gasteiger charge is 2.37. The number of hydrogen-bond acceptors (Lipinski definition) is 6. The van der Waals surface area contributed by atoms with Crippen molar-refractivity contribution in [2.75, 3.05) is 20.2 Å². The number of piperidine rings is 1. The molecule has 2 saturated heterocycles. The summed E-state index contributed by atoms with van der Waals surface area (Å²) < 4.78 is 5.41. The van der Waals surface area contributed by atoms with Crippen LogP contribution in [0, 0.1) is 0 Å². The first-order valence-electron chi connectivity index (χ1n) is 8.82. The molecule has 7 nitrogen and oxygen atoms in total. The zero-order chi connectivity index (χ0) is 20.3. The molecule has 0 aliphatic carbocycles. The maximum Gasteiger partial charge on any atom is 0.326 e. The molecule has 2 heterocycles. The summed E-state index contributed by atoms with van der Waals surface area (Å²) in [5.74, 6) is -1.04. The molecule has 2 amide bonds. The smallest absolute Gasteiger partial charge is 0.326 e. The molecule has 1 N–H and O–H groups in total. The summed E-state index contributed by atoms with van der Waals surface area (Å²) in [5.41, 5.74) is 0.814. The number of ether oxygens (including phenoxy) is 1. The van der Waals surface area contributed by atoms with Crippen LogP contribution in [0.4, 0.5) is 0 Å². The number of carboxylic acid groups (broad SMARTS) is 1. The van der Waals surface area contributed by atoms with Crippen molar-refractivity contribution >= 4 is 52.2 Å². The molecule has 2 fully saturated rings. The molecular weight excluding hydrogens is 400 g/mol. The summed E-state index contributed by atoms with van der Waals surface area (Å²) in [6.07, 6.45) is 3.67.